The van der Waals surface area contributed by atoms with Gasteiger partial charge in [0.1, 0.15) is 12.6 Å². The number of alkyl carbamates (subject to hydrolysis) is 1. The molecule has 0 fully saturated rings. The molecule has 1 aromatic rings. The number of carbonyl (C=O) groups is 3. The van der Waals surface area contributed by atoms with E-state index in [9.17, 15) is 19.5 Å². The number of hydrogen-bond donors (Lipinski definition) is 4. The number of amides is 2. The van der Waals surface area contributed by atoms with E-state index in [-0.39, 0.29) is 18.9 Å². The van der Waals surface area contributed by atoms with Gasteiger partial charge in [0.15, 0.2) is 0 Å². The minimum atomic E-state index is -1.06. The molecule has 150 valence electrons. The first-order valence-electron chi connectivity index (χ1n) is 9.19. The normalized spacial score (nSPS) is 11.4. The molecule has 0 heterocycles. The van der Waals surface area contributed by atoms with E-state index in [1.54, 1.807) is 0 Å². The number of nitrogens with one attached hydrogen (secondary N) is 2. The first-order valence-corrected chi connectivity index (χ1v) is 9.19. The fourth-order valence-electron chi connectivity index (χ4n) is 2.39. The highest BCUT2D eigenvalue weighted by Crippen LogP contribution is 2.04. The Morgan fingerprint density at radius 1 is 1.07 bits per heavy atom. The summed E-state index contributed by atoms with van der Waals surface area (Å²) in [5.74, 6) is -1.34. The third-order valence-corrected chi connectivity index (χ3v) is 3.89. The van der Waals surface area contributed by atoms with Gasteiger partial charge in [-0.25, -0.2) is 9.59 Å². The lowest BCUT2D eigenvalue weighted by Gasteiger charge is -2.14. The smallest absolute Gasteiger partial charge is 0.407 e. The zero-order valence-corrected chi connectivity index (χ0v) is 15.5. The van der Waals surface area contributed by atoms with Crippen LogP contribution >= 0.6 is 0 Å². The summed E-state index contributed by atoms with van der Waals surface area (Å²) in [4.78, 5) is 34.5. The minimum Gasteiger partial charge on any atom is -0.480 e. The Kier molecular flexibility index (Phi) is 11.3. The molecule has 0 saturated carbocycles. The predicted octanol–water partition coefficient (Wildman–Crippen LogP) is 1.78. The quantitative estimate of drug-likeness (QED) is 0.386. The molecule has 1 rings (SSSR count). The molecule has 1 unspecified atom stereocenters. The lowest BCUT2D eigenvalue weighted by atomic mass is 10.1. The van der Waals surface area contributed by atoms with Crippen LogP contribution in [-0.2, 0) is 20.9 Å². The van der Waals surface area contributed by atoms with Crippen molar-refractivity contribution < 1.29 is 24.2 Å². The molecule has 0 bridgehead atoms. The lowest BCUT2D eigenvalue weighted by Crippen LogP contribution is -2.40. The maximum absolute atomic E-state index is 11.7. The summed E-state index contributed by atoms with van der Waals surface area (Å²) in [7, 11) is 0. The van der Waals surface area contributed by atoms with Crippen LogP contribution in [0, 0.1) is 0 Å². The highest BCUT2D eigenvalue weighted by molar-refractivity contribution is 5.83. The van der Waals surface area contributed by atoms with Gasteiger partial charge in [0.25, 0.3) is 0 Å². The van der Waals surface area contributed by atoms with Gasteiger partial charge in [-0.05, 0) is 44.2 Å². The summed E-state index contributed by atoms with van der Waals surface area (Å²) in [5, 5.41) is 14.3. The molecule has 8 nitrogen and oxygen atoms in total. The van der Waals surface area contributed by atoms with Gasteiger partial charge in [0, 0.05) is 13.0 Å². The molecule has 27 heavy (non-hydrogen) atoms. The van der Waals surface area contributed by atoms with Gasteiger partial charge < -0.3 is 26.2 Å². The van der Waals surface area contributed by atoms with Crippen molar-refractivity contribution >= 4 is 18.0 Å². The molecular weight excluding hydrogens is 350 g/mol. The van der Waals surface area contributed by atoms with E-state index >= 15 is 0 Å². The summed E-state index contributed by atoms with van der Waals surface area (Å²) in [5.41, 5.74) is 6.27. The fourth-order valence-corrected chi connectivity index (χ4v) is 2.39. The van der Waals surface area contributed by atoms with Crippen molar-refractivity contribution in [3.05, 3.63) is 35.9 Å². The topological polar surface area (TPSA) is 131 Å². The van der Waals surface area contributed by atoms with Gasteiger partial charge in [0.05, 0.1) is 0 Å². The second-order valence-electron chi connectivity index (χ2n) is 6.19. The molecule has 0 aliphatic heterocycles. The van der Waals surface area contributed by atoms with Gasteiger partial charge in [-0.15, -0.1) is 0 Å². The van der Waals surface area contributed by atoms with Crippen molar-refractivity contribution in [1.29, 1.82) is 0 Å². The number of carbonyl (C=O) groups excluding carboxylic acids is 2. The number of hydrogen-bond acceptors (Lipinski definition) is 5. The van der Waals surface area contributed by atoms with E-state index in [2.05, 4.69) is 10.6 Å². The predicted molar refractivity (Wildman–Crippen MR) is 101 cm³/mol. The van der Waals surface area contributed by atoms with Gasteiger partial charge >= 0.3 is 12.1 Å². The van der Waals surface area contributed by atoms with Crippen LogP contribution in [0.2, 0.25) is 0 Å². The molecule has 5 N–H and O–H groups in total. The SMILES string of the molecule is NCCCCC(=O)NC(CCCCNC(=O)OCc1ccccc1)C(=O)O. The Bertz CT molecular complexity index is 580. The summed E-state index contributed by atoms with van der Waals surface area (Å²) in [6.45, 7) is 1.09. The number of aliphatic carboxylic acids is 1. The number of carboxylic acid groups (broad SMARTS) is 1. The standard InChI is InChI=1S/C19H29N3O5/c20-12-6-4-11-17(23)22-16(18(24)25)10-5-7-13-21-19(26)27-14-15-8-2-1-3-9-15/h1-3,8-9,16H,4-7,10-14,20H2,(H,21,26)(H,22,23)(H,24,25). The average molecular weight is 379 g/mol. The van der Waals surface area contributed by atoms with E-state index in [1.165, 1.54) is 0 Å². The van der Waals surface area contributed by atoms with Crippen LogP contribution in [0.4, 0.5) is 4.79 Å². The van der Waals surface area contributed by atoms with Crippen molar-refractivity contribution in [1.82, 2.24) is 10.6 Å². The molecule has 0 saturated heterocycles. The highest BCUT2D eigenvalue weighted by Gasteiger charge is 2.19. The average Bonchev–Trinajstić information content (AvgIpc) is 2.66. The van der Waals surface area contributed by atoms with Crippen molar-refractivity contribution in [2.75, 3.05) is 13.1 Å². The molecule has 0 radical (unpaired) electrons. The zero-order valence-electron chi connectivity index (χ0n) is 15.5. The fraction of sp³-hybridized carbons (Fsp3) is 0.526. The Labute approximate surface area is 159 Å². The molecule has 0 aliphatic rings. The van der Waals surface area contributed by atoms with E-state index in [1.807, 2.05) is 30.3 Å². The molecule has 1 aromatic carbocycles. The highest BCUT2D eigenvalue weighted by atomic mass is 16.5. The number of ether oxygens (including phenoxy) is 1. The van der Waals surface area contributed by atoms with Crippen LogP contribution in [0.25, 0.3) is 0 Å². The van der Waals surface area contributed by atoms with E-state index < -0.39 is 18.1 Å². The van der Waals surface area contributed by atoms with Crippen LogP contribution in [0.3, 0.4) is 0 Å². The molecule has 0 aromatic heterocycles. The van der Waals surface area contributed by atoms with Gasteiger partial charge in [-0.2, -0.15) is 0 Å². The maximum atomic E-state index is 11.7. The third kappa shape index (κ3) is 10.9. The van der Waals surface area contributed by atoms with Crippen LogP contribution in [-0.4, -0.2) is 42.2 Å². The van der Waals surface area contributed by atoms with E-state index in [0.29, 0.717) is 38.8 Å². The van der Waals surface area contributed by atoms with Gasteiger partial charge in [-0.1, -0.05) is 30.3 Å². The van der Waals surface area contributed by atoms with Crippen molar-refractivity contribution in [2.24, 2.45) is 5.73 Å². The van der Waals surface area contributed by atoms with Crippen LogP contribution in [0.15, 0.2) is 30.3 Å². The molecular formula is C19H29N3O5. The number of rotatable bonds is 13. The zero-order chi connectivity index (χ0) is 19.9. The van der Waals surface area contributed by atoms with E-state index in [4.69, 9.17) is 10.5 Å². The molecule has 8 heteroatoms. The number of carboxylic acids is 1. The first kappa shape index (κ1) is 22.4. The number of benzene rings is 1. The van der Waals surface area contributed by atoms with Crippen molar-refractivity contribution in [2.45, 2.75) is 51.2 Å². The summed E-state index contributed by atoms with van der Waals surface area (Å²) in [6, 6.07) is 8.43. The summed E-state index contributed by atoms with van der Waals surface area (Å²) in [6.07, 6.45) is 2.59. The third-order valence-electron chi connectivity index (χ3n) is 3.89. The summed E-state index contributed by atoms with van der Waals surface area (Å²) >= 11 is 0. The first-order chi connectivity index (χ1) is 13.0. The largest absolute Gasteiger partial charge is 0.480 e. The van der Waals surface area contributed by atoms with Crippen LogP contribution in [0.5, 0.6) is 0 Å². The lowest BCUT2D eigenvalue weighted by molar-refractivity contribution is -0.142. The molecule has 0 spiro atoms. The van der Waals surface area contributed by atoms with Crippen molar-refractivity contribution in [3.63, 3.8) is 0 Å². The van der Waals surface area contributed by atoms with Gasteiger partial charge in [0.2, 0.25) is 5.91 Å². The molecule has 1 atom stereocenters. The van der Waals surface area contributed by atoms with Crippen LogP contribution < -0.4 is 16.4 Å². The molecule has 2 amide bonds. The maximum Gasteiger partial charge on any atom is 0.407 e. The Morgan fingerprint density at radius 2 is 1.81 bits per heavy atom. The number of unbranched alkanes of at least 4 members (excludes halogenated alkanes) is 2. The van der Waals surface area contributed by atoms with E-state index in [0.717, 1.165) is 12.0 Å². The van der Waals surface area contributed by atoms with Gasteiger partial charge in [-0.3, -0.25) is 4.79 Å². The Balaban J connectivity index is 2.15. The monoisotopic (exact) mass is 379 g/mol. The second-order valence-corrected chi connectivity index (χ2v) is 6.19. The summed E-state index contributed by atoms with van der Waals surface area (Å²) < 4.78 is 5.08. The second kappa shape index (κ2) is 13.6. The number of nitrogens with two attached hydrogens (primary N) is 1. The van der Waals surface area contributed by atoms with Crippen LogP contribution in [0.1, 0.15) is 44.1 Å². The Hall–Kier alpha value is -2.61. The molecule has 0 aliphatic carbocycles. The van der Waals surface area contributed by atoms with Crippen molar-refractivity contribution in [3.8, 4) is 0 Å². The minimum absolute atomic E-state index is 0.198. The Morgan fingerprint density at radius 3 is 2.48 bits per heavy atom.